The van der Waals surface area contributed by atoms with Crippen LogP contribution in [-0.4, -0.2) is 37.4 Å². The minimum Gasteiger partial charge on any atom is -0.462 e. The first kappa shape index (κ1) is 13.8. The molecular formula is C12H16N4O2S. The standard InChI is InChI=1S/C12H16N4O2S/c1-7(2)18-10(17)6-19-12-14-11-13-8(3)5-9(4)16(11)15-12/h5,7H,6H2,1-4H3. The molecule has 2 aromatic heterocycles. The zero-order valence-electron chi connectivity index (χ0n) is 11.4. The van der Waals surface area contributed by atoms with Crippen LogP contribution in [0.3, 0.4) is 0 Å². The molecule has 0 aromatic carbocycles. The second-order valence-electron chi connectivity index (χ2n) is 4.47. The summed E-state index contributed by atoms with van der Waals surface area (Å²) in [4.78, 5) is 20.0. The third-order valence-corrected chi connectivity index (χ3v) is 3.10. The summed E-state index contributed by atoms with van der Waals surface area (Å²) in [5.41, 5.74) is 1.86. The quantitative estimate of drug-likeness (QED) is 0.628. The van der Waals surface area contributed by atoms with Crippen molar-refractivity contribution in [3.8, 4) is 0 Å². The van der Waals surface area contributed by atoms with Crippen molar-refractivity contribution >= 4 is 23.5 Å². The van der Waals surface area contributed by atoms with E-state index < -0.39 is 0 Å². The van der Waals surface area contributed by atoms with E-state index in [4.69, 9.17) is 4.74 Å². The molecule has 0 saturated heterocycles. The number of ether oxygens (including phenoxy) is 1. The number of hydrogen-bond acceptors (Lipinski definition) is 6. The topological polar surface area (TPSA) is 69.4 Å². The van der Waals surface area contributed by atoms with Crippen molar-refractivity contribution in [3.05, 3.63) is 17.5 Å². The molecule has 7 heteroatoms. The number of aryl methyl sites for hydroxylation is 2. The molecule has 2 heterocycles. The molecule has 0 aliphatic rings. The van der Waals surface area contributed by atoms with E-state index in [-0.39, 0.29) is 17.8 Å². The van der Waals surface area contributed by atoms with E-state index in [2.05, 4.69) is 15.1 Å². The summed E-state index contributed by atoms with van der Waals surface area (Å²) in [5, 5.41) is 4.83. The zero-order chi connectivity index (χ0) is 14.0. The van der Waals surface area contributed by atoms with Gasteiger partial charge in [0.25, 0.3) is 5.78 Å². The predicted molar refractivity (Wildman–Crippen MR) is 72.2 cm³/mol. The third-order valence-electron chi connectivity index (χ3n) is 2.29. The normalized spacial score (nSPS) is 11.2. The minimum absolute atomic E-state index is 0.103. The third kappa shape index (κ3) is 3.44. The highest BCUT2D eigenvalue weighted by Gasteiger charge is 2.11. The zero-order valence-corrected chi connectivity index (χ0v) is 12.2. The molecule has 0 saturated carbocycles. The van der Waals surface area contributed by atoms with Crippen LogP contribution in [0.15, 0.2) is 11.2 Å². The van der Waals surface area contributed by atoms with E-state index in [0.717, 1.165) is 11.4 Å². The van der Waals surface area contributed by atoms with Gasteiger partial charge in [-0.3, -0.25) is 4.79 Å². The summed E-state index contributed by atoms with van der Waals surface area (Å²) in [5.74, 6) is 0.490. The Bertz CT molecular complexity index is 609. The molecule has 0 fully saturated rings. The largest absolute Gasteiger partial charge is 0.462 e. The van der Waals surface area contributed by atoms with Crippen LogP contribution >= 0.6 is 11.8 Å². The summed E-state index contributed by atoms with van der Waals surface area (Å²) >= 11 is 1.25. The monoisotopic (exact) mass is 280 g/mol. The number of fused-ring (bicyclic) bond motifs is 1. The van der Waals surface area contributed by atoms with Gasteiger partial charge in [0.05, 0.1) is 11.9 Å². The van der Waals surface area contributed by atoms with Gasteiger partial charge in [0.1, 0.15) is 0 Å². The number of thioether (sulfide) groups is 1. The Kier molecular flexibility index (Phi) is 4.04. The van der Waals surface area contributed by atoms with Gasteiger partial charge in [0.2, 0.25) is 5.16 Å². The SMILES string of the molecule is Cc1cc(C)n2nc(SCC(=O)OC(C)C)nc2n1. The fourth-order valence-corrected chi connectivity index (χ4v) is 2.23. The maximum atomic E-state index is 11.4. The van der Waals surface area contributed by atoms with Crippen molar-refractivity contribution in [2.75, 3.05) is 5.75 Å². The van der Waals surface area contributed by atoms with E-state index in [1.54, 1.807) is 4.52 Å². The van der Waals surface area contributed by atoms with Gasteiger partial charge in [-0.2, -0.15) is 4.98 Å². The van der Waals surface area contributed by atoms with Crippen molar-refractivity contribution in [1.82, 2.24) is 19.6 Å². The lowest BCUT2D eigenvalue weighted by Crippen LogP contribution is -2.13. The van der Waals surface area contributed by atoms with E-state index >= 15 is 0 Å². The molecule has 6 nitrogen and oxygen atoms in total. The van der Waals surface area contributed by atoms with Crippen LogP contribution < -0.4 is 0 Å². The summed E-state index contributed by atoms with van der Waals surface area (Å²) in [6, 6.07) is 1.93. The molecule has 19 heavy (non-hydrogen) atoms. The summed E-state index contributed by atoms with van der Waals surface area (Å²) in [6.07, 6.45) is -0.103. The number of hydrogen-bond donors (Lipinski definition) is 0. The van der Waals surface area contributed by atoms with E-state index in [9.17, 15) is 4.79 Å². The Morgan fingerprint density at radius 3 is 2.84 bits per heavy atom. The van der Waals surface area contributed by atoms with Crippen LogP contribution in [0.1, 0.15) is 25.2 Å². The Morgan fingerprint density at radius 1 is 1.42 bits per heavy atom. The van der Waals surface area contributed by atoms with Gasteiger partial charge < -0.3 is 4.74 Å². The number of nitrogens with zero attached hydrogens (tertiary/aromatic N) is 4. The molecule has 0 unspecified atom stereocenters. The second kappa shape index (κ2) is 5.56. The Hall–Kier alpha value is -1.63. The molecule has 0 N–H and O–H groups in total. The summed E-state index contributed by atoms with van der Waals surface area (Å²) < 4.78 is 6.72. The average molecular weight is 280 g/mol. The van der Waals surface area contributed by atoms with Crippen molar-refractivity contribution in [1.29, 1.82) is 0 Å². The van der Waals surface area contributed by atoms with Crippen LogP contribution in [-0.2, 0) is 9.53 Å². The van der Waals surface area contributed by atoms with Crippen molar-refractivity contribution in [2.45, 2.75) is 39.0 Å². The van der Waals surface area contributed by atoms with Gasteiger partial charge in [0.15, 0.2) is 0 Å². The van der Waals surface area contributed by atoms with Crippen LogP contribution in [0.2, 0.25) is 0 Å². The number of carbonyl (C=O) groups is 1. The average Bonchev–Trinajstić information content (AvgIpc) is 2.68. The van der Waals surface area contributed by atoms with Gasteiger partial charge in [0, 0.05) is 11.4 Å². The number of esters is 1. The highest BCUT2D eigenvalue weighted by molar-refractivity contribution is 7.99. The summed E-state index contributed by atoms with van der Waals surface area (Å²) in [6.45, 7) is 7.50. The molecule has 0 aliphatic heterocycles. The Labute approximate surface area is 115 Å². The van der Waals surface area contributed by atoms with Gasteiger partial charge in [-0.1, -0.05) is 11.8 Å². The highest BCUT2D eigenvalue weighted by Crippen LogP contribution is 2.15. The fraction of sp³-hybridized carbons (Fsp3) is 0.500. The van der Waals surface area contributed by atoms with Crippen molar-refractivity contribution < 1.29 is 9.53 Å². The first-order valence-corrected chi connectivity index (χ1v) is 6.97. The fourth-order valence-electron chi connectivity index (χ4n) is 1.63. The molecule has 2 aromatic rings. The Balaban J connectivity index is 2.10. The predicted octanol–water partition coefficient (Wildman–Crippen LogP) is 1.78. The molecule has 0 bridgehead atoms. The molecule has 2 rings (SSSR count). The van der Waals surface area contributed by atoms with Crippen LogP contribution in [0.25, 0.3) is 5.78 Å². The molecule has 0 atom stereocenters. The molecule has 102 valence electrons. The smallest absolute Gasteiger partial charge is 0.316 e. The number of carbonyl (C=O) groups excluding carboxylic acids is 1. The van der Waals surface area contributed by atoms with E-state index in [1.165, 1.54) is 11.8 Å². The van der Waals surface area contributed by atoms with Gasteiger partial charge in [-0.05, 0) is 33.8 Å². The lowest BCUT2D eigenvalue weighted by atomic mass is 10.4. The lowest BCUT2D eigenvalue weighted by Gasteiger charge is -2.05. The molecule has 0 spiro atoms. The molecule has 0 amide bonds. The molecular weight excluding hydrogens is 264 g/mol. The maximum absolute atomic E-state index is 11.4. The Morgan fingerprint density at radius 2 is 2.16 bits per heavy atom. The minimum atomic E-state index is -0.264. The van der Waals surface area contributed by atoms with Crippen LogP contribution in [0.5, 0.6) is 0 Å². The van der Waals surface area contributed by atoms with Gasteiger partial charge >= 0.3 is 5.97 Å². The summed E-state index contributed by atoms with van der Waals surface area (Å²) in [7, 11) is 0. The van der Waals surface area contributed by atoms with Crippen molar-refractivity contribution in [2.24, 2.45) is 0 Å². The van der Waals surface area contributed by atoms with Gasteiger partial charge in [-0.25, -0.2) is 9.50 Å². The van der Waals surface area contributed by atoms with Crippen molar-refractivity contribution in [3.63, 3.8) is 0 Å². The first-order valence-electron chi connectivity index (χ1n) is 5.99. The highest BCUT2D eigenvalue weighted by atomic mass is 32.2. The number of rotatable bonds is 4. The van der Waals surface area contributed by atoms with Crippen LogP contribution in [0, 0.1) is 13.8 Å². The van der Waals surface area contributed by atoms with E-state index in [1.807, 2.05) is 33.8 Å². The van der Waals surface area contributed by atoms with E-state index in [0.29, 0.717) is 10.9 Å². The molecule has 0 aliphatic carbocycles. The molecule has 0 radical (unpaired) electrons. The van der Waals surface area contributed by atoms with Crippen LogP contribution in [0.4, 0.5) is 0 Å². The number of aromatic nitrogens is 4. The maximum Gasteiger partial charge on any atom is 0.316 e. The second-order valence-corrected chi connectivity index (χ2v) is 5.41. The lowest BCUT2D eigenvalue weighted by molar-refractivity contribution is -0.144. The van der Waals surface area contributed by atoms with Gasteiger partial charge in [-0.15, -0.1) is 5.10 Å². The first-order chi connectivity index (χ1) is 8.95.